The largest absolute Gasteiger partial charge is 0.326 e. The Labute approximate surface area is 184 Å². The molecule has 7 nitrogen and oxygen atoms in total. The number of hydrogen-bond donors (Lipinski definition) is 2. The van der Waals surface area contributed by atoms with Crippen molar-refractivity contribution >= 4 is 27.3 Å². The zero-order valence-electron chi connectivity index (χ0n) is 17.5. The van der Waals surface area contributed by atoms with Crippen molar-refractivity contribution in [2.75, 3.05) is 5.32 Å². The van der Waals surface area contributed by atoms with Crippen LogP contribution in [-0.2, 0) is 21.2 Å². The first kappa shape index (κ1) is 21.7. The second kappa shape index (κ2) is 8.18. The van der Waals surface area contributed by atoms with Gasteiger partial charge in [0.15, 0.2) is 0 Å². The summed E-state index contributed by atoms with van der Waals surface area (Å²) in [4.78, 5) is 17.5. The molecule has 164 valence electrons. The van der Waals surface area contributed by atoms with E-state index in [4.69, 9.17) is 5.14 Å². The summed E-state index contributed by atoms with van der Waals surface area (Å²) in [7, 11) is -3.81. The number of fused-ring (bicyclic) bond motifs is 1. The number of nitrogens with two attached hydrogens (primary N) is 1. The van der Waals surface area contributed by atoms with Gasteiger partial charge in [0.25, 0.3) is 0 Å². The predicted octanol–water partition coefficient (Wildman–Crippen LogP) is 3.59. The summed E-state index contributed by atoms with van der Waals surface area (Å²) in [6.07, 6.45) is 1.90. The minimum atomic E-state index is -3.81. The number of carbonyl (C=O) groups excluding carboxylic acids is 1. The zero-order chi connectivity index (χ0) is 23.0. The fraction of sp³-hybridized carbons (Fsp3) is 0.130. The van der Waals surface area contributed by atoms with Crippen molar-refractivity contribution in [2.45, 2.75) is 25.2 Å². The van der Waals surface area contributed by atoms with Gasteiger partial charge in [-0.25, -0.2) is 22.9 Å². The number of anilines is 1. The molecular weight excluding hydrogens is 431 g/mol. The molecule has 1 amide bonds. The van der Waals surface area contributed by atoms with Crippen LogP contribution < -0.4 is 10.5 Å². The molecule has 32 heavy (non-hydrogen) atoms. The molecule has 0 fully saturated rings. The number of nitrogens with zero attached hydrogens (tertiary/aromatic N) is 2. The zero-order valence-corrected chi connectivity index (χ0v) is 18.3. The number of halogens is 1. The van der Waals surface area contributed by atoms with Gasteiger partial charge in [-0.3, -0.25) is 4.79 Å². The standard InChI is InChI=1S/C23H21FN4O3S/c1-14-3-10-21-27-23(16-4-9-19(24)15(2)11-16)20(28(21)13-14)12-22(29)26-17-5-7-18(8-6-17)32(25,30)31/h3-11,13H,12H2,1-2H3,(H,26,29)(H2,25,30,31). The van der Waals surface area contributed by atoms with Gasteiger partial charge in [0.05, 0.1) is 22.7 Å². The van der Waals surface area contributed by atoms with Crippen molar-refractivity contribution in [3.8, 4) is 11.3 Å². The van der Waals surface area contributed by atoms with E-state index in [0.29, 0.717) is 33.8 Å². The number of rotatable bonds is 5. The number of benzene rings is 2. The Morgan fingerprint density at radius 3 is 2.47 bits per heavy atom. The van der Waals surface area contributed by atoms with Crippen molar-refractivity contribution in [1.82, 2.24) is 9.38 Å². The maximum absolute atomic E-state index is 13.8. The number of hydrogen-bond acceptors (Lipinski definition) is 4. The highest BCUT2D eigenvalue weighted by molar-refractivity contribution is 7.89. The van der Waals surface area contributed by atoms with E-state index in [1.807, 2.05) is 29.7 Å². The maximum atomic E-state index is 13.8. The minimum Gasteiger partial charge on any atom is -0.326 e. The average Bonchev–Trinajstić information content (AvgIpc) is 3.07. The molecule has 0 aliphatic carbocycles. The fourth-order valence-electron chi connectivity index (χ4n) is 3.48. The van der Waals surface area contributed by atoms with E-state index in [1.54, 1.807) is 19.1 Å². The van der Waals surface area contributed by atoms with Crippen LogP contribution >= 0.6 is 0 Å². The highest BCUT2D eigenvalue weighted by atomic mass is 32.2. The van der Waals surface area contributed by atoms with Gasteiger partial charge in [0.1, 0.15) is 11.5 Å². The Kier molecular flexibility index (Phi) is 5.53. The Bertz CT molecular complexity index is 1440. The van der Waals surface area contributed by atoms with Gasteiger partial charge >= 0.3 is 0 Å². The van der Waals surface area contributed by atoms with Crippen LogP contribution in [0.25, 0.3) is 16.9 Å². The maximum Gasteiger partial charge on any atom is 0.238 e. The second-order valence-corrected chi connectivity index (χ2v) is 9.16. The smallest absolute Gasteiger partial charge is 0.238 e. The van der Waals surface area contributed by atoms with Crippen LogP contribution in [0.3, 0.4) is 0 Å². The lowest BCUT2D eigenvalue weighted by Crippen LogP contribution is -2.16. The van der Waals surface area contributed by atoms with Crippen LogP contribution in [0, 0.1) is 19.7 Å². The highest BCUT2D eigenvalue weighted by Crippen LogP contribution is 2.27. The number of aromatic nitrogens is 2. The van der Waals surface area contributed by atoms with Gasteiger partial charge in [-0.2, -0.15) is 0 Å². The van der Waals surface area contributed by atoms with Crippen molar-refractivity contribution in [3.63, 3.8) is 0 Å². The Morgan fingerprint density at radius 1 is 1.09 bits per heavy atom. The van der Waals surface area contributed by atoms with E-state index in [1.165, 1.54) is 30.3 Å². The molecule has 0 aliphatic rings. The quantitative estimate of drug-likeness (QED) is 0.483. The lowest BCUT2D eigenvalue weighted by molar-refractivity contribution is -0.115. The highest BCUT2D eigenvalue weighted by Gasteiger charge is 2.18. The van der Waals surface area contributed by atoms with Crippen molar-refractivity contribution in [1.29, 1.82) is 0 Å². The molecule has 0 radical (unpaired) electrons. The van der Waals surface area contributed by atoms with Crippen molar-refractivity contribution in [2.24, 2.45) is 5.14 Å². The summed E-state index contributed by atoms with van der Waals surface area (Å²) in [6, 6.07) is 14.1. The topological polar surface area (TPSA) is 107 Å². The van der Waals surface area contributed by atoms with Crippen molar-refractivity contribution in [3.05, 3.63) is 83.4 Å². The van der Waals surface area contributed by atoms with Crippen LogP contribution in [0.5, 0.6) is 0 Å². The first-order chi connectivity index (χ1) is 15.1. The summed E-state index contributed by atoms with van der Waals surface area (Å²) in [6.45, 7) is 3.62. The molecule has 0 saturated heterocycles. The number of carbonyl (C=O) groups is 1. The van der Waals surface area contributed by atoms with Gasteiger partial charge in [-0.1, -0.05) is 6.07 Å². The molecule has 2 heterocycles. The van der Waals surface area contributed by atoms with Crippen LogP contribution in [-0.4, -0.2) is 23.7 Å². The Hall–Kier alpha value is -3.56. The molecule has 9 heteroatoms. The molecule has 0 aliphatic heterocycles. The monoisotopic (exact) mass is 452 g/mol. The molecule has 0 unspecified atom stereocenters. The number of imidazole rings is 1. The van der Waals surface area contributed by atoms with Gasteiger partial charge < -0.3 is 9.72 Å². The first-order valence-corrected chi connectivity index (χ1v) is 11.3. The lowest BCUT2D eigenvalue weighted by atomic mass is 10.1. The van der Waals surface area contributed by atoms with E-state index < -0.39 is 10.0 Å². The first-order valence-electron chi connectivity index (χ1n) is 9.78. The Balaban J connectivity index is 1.69. The third-order valence-corrected chi connectivity index (χ3v) is 6.02. The molecule has 0 saturated carbocycles. The molecule has 4 aromatic rings. The third kappa shape index (κ3) is 4.39. The molecular formula is C23H21FN4O3S. The minimum absolute atomic E-state index is 0.00726. The SMILES string of the molecule is Cc1ccc2nc(-c3ccc(F)c(C)c3)c(CC(=O)Nc3ccc(S(N)(=O)=O)cc3)n2c1. The summed E-state index contributed by atoms with van der Waals surface area (Å²) in [5.74, 6) is -0.618. The number of amides is 1. The van der Waals surface area contributed by atoms with E-state index >= 15 is 0 Å². The van der Waals surface area contributed by atoms with Gasteiger partial charge in [0.2, 0.25) is 15.9 Å². The normalized spacial score (nSPS) is 11.6. The number of nitrogens with one attached hydrogen (secondary N) is 1. The second-order valence-electron chi connectivity index (χ2n) is 7.60. The number of sulfonamides is 1. The molecule has 0 spiro atoms. The lowest BCUT2D eigenvalue weighted by Gasteiger charge is -2.09. The summed E-state index contributed by atoms with van der Waals surface area (Å²) in [5, 5.41) is 7.87. The molecule has 0 atom stereocenters. The van der Waals surface area contributed by atoms with E-state index in [2.05, 4.69) is 10.3 Å². The number of primary sulfonamides is 1. The molecule has 3 N–H and O–H groups in total. The summed E-state index contributed by atoms with van der Waals surface area (Å²) >= 11 is 0. The number of aryl methyl sites for hydroxylation is 2. The third-order valence-electron chi connectivity index (χ3n) is 5.09. The van der Waals surface area contributed by atoms with Crippen molar-refractivity contribution < 1.29 is 17.6 Å². The average molecular weight is 453 g/mol. The van der Waals surface area contributed by atoms with Crippen LogP contribution in [0.2, 0.25) is 0 Å². The van der Waals surface area contributed by atoms with Crippen LogP contribution in [0.1, 0.15) is 16.8 Å². The molecule has 2 aromatic heterocycles. The van der Waals surface area contributed by atoms with E-state index in [-0.39, 0.29) is 23.0 Å². The molecule has 2 aromatic carbocycles. The molecule has 4 rings (SSSR count). The number of pyridine rings is 1. The Morgan fingerprint density at radius 2 is 1.81 bits per heavy atom. The summed E-state index contributed by atoms with van der Waals surface area (Å²) in [5.41, 5.74) is 4.56. The van der Waals surface area contributed by atoms with Gasteiger partial charge in [0, 0.05) is 17.4 Å². The van der Waals surface area contributed by atoms with E-state index in [0.717, 1.165) is 5.56 Å². The van der Waals surface area contributed by atoms with Crippen LogP contribution in [0.15, 0.2) is 65.7 Å². The van der Waals surface area contributed by atoms with Gasteiger partial charge in [-0.15, -0.1) is 0 Å². The predicted molar refractivity (Wildman–Crippen MR) is 120 cm³/mol. The fourth-order valence-corrected chi connectivity index (χ4v) is 3.99. The van der Waals surface area contributed by atoms with Crippen LogP contribution in [0.4, 0.5) is 10.1 Å². The van der Waals surface area contributed by atoms with E-state index in [9.17, 15) is 17.6 Å². The van der Waals surface area contributed by atoms with Gasteiger partial charge in [-0.05, 0) is 73.5 Å². The summed E-state index contributed by atoms with van der Waals surface area (Å²) < 4.78 is 38.5. The molecule has 0 bridgehead atoms.